The van der Waals surface area contributed by atoms with Gasteiger partial charge >= 0.3 is 5.97 Å². The van der Waals surface area contributed by atoms with Crippen LogP contribution >= 0.6 is 11.8 Å². The largest absolute Gasteiger partial charge is 0.493 e. The highest BCUT2D eigenvalue weighted by Gasteiger charge is 2.38. The average molecular weight is 426 g/mol. The second kappa shape index (κ2) is 9.09. The number of nitrogens with zero attached hydrogens (tertiary/aromatic N) is 1. The molecule has 0 aliphatic carbocycles. The number of rotatable bonds is 6. The number of benzene rings is 2. The summed E-state index contributed by atoms with van der Waals surface area (Å²) < 4.78 is 15.8. The Labute approximate surface area is 180 Å². The second-order valence-electron chi connectivity index (χ2n) is 6.43. The van der Waals surface area contributed by atoms with E-state index in [1.807, 2.05) is 30.5 Å². The summed E-state index contributed by atoms with van der Waals surface area (Å²) in [7, 11) is 4.37. The number of para-hydroxylation sites is 1. The quantitative estimate of drug-likeness (QED) is 0.391. The highest BCUT2D eigenvalue weighted by atomic mass is 32.2. The van der Waals surface area contributed by atoms with Gasteiger partial charge in [0.25, 0.3) is 5.91 Å². The van der Waals surface area contributed by atoms with Gasteiger partial charge in [0.05, 0.1) is 38.2 Å². The summed E-state index contributed by atoms with van der Waals surface area (Å²) in [4.78, 5) is 28.6. The molecule has 2 aromatic carbocycles. The first kappa shape index (κ1) is 21.5. The molecular weight excluding hydrogens is 402 g/mol. The molecule has 0 unspecified atom stereocenters. The zero-order valence-electron chi connectivity index (χ0n) is 17.5. The molecule has 2 aromatic rings. The molecule has 1 heterocycles. The van der Waals surface area contributed by atoms with Crippen molar-refractivity contribution in [3.8, 4) is 11.5 Å². The van der Waals surface area contributed by atoms with Crippen molar-refractivity contribution in [1.82, 2.24) is 0 Å². The standard InChI is InChI=1S/C23H23NO5S/c1-14-20(23(26)29-4)18(12-15-8-6-11-19(27-2)21(15)28-3)22(25)24(14)16-9-7-10-17(13-16)30-5/h6-13H,1-5H3/b18-12-. The number of allylic oxidation sites excluding steroid dienone is 1. The molecule has 0 aromatic heterocycles. The van der Waals surface area contributed by atoms with Crippen molar-refractivity contribution in [2.75, 3.05) is 32.5 Å². The summed E-state index contributed by atoms with van der Waals surface area (Å²) in [5, 5.41) is 0. The molecule has 156 valence electrons. The summed E-state index contributed by atoms with van der Waals surface area (Å²) in [5.74, 6) is 0.126. The summed E-state index contributed by atoms with van der Waals surface area (Å²) in [5.41, 5.74) is 2.28. The van der Waals surface area contributed by atoms with Gasteiger partial charge < -0.3 is 14.2 Å². The number of thioether (sulfide) groups is 1. The van der Waals surface area contributed by atoms with Crippen LogP contribution < -0.4 is 14.4 Å². The van der Waals surface area contributed by atoms with Gasteiger partial charge in [0, 0.05) is 16.2 Å². The zero-order valence-corrected chi connectivity index (χ0v) is 18.3. The summed E-state index contributed by atoms with van der Waals surface area (Å²) in [6.45, 7) is 1.74. The number of anilines is 1. The third kappa shape index (κ3) is 3.80. The first-order valence-electron chi connectivity index (χ1n) is 9.17. The lowest BCUT2D eigenvalue weighted by molar-refractivity contribution is -0.136. The van der Waals surface area contributed by atoms with Crippen LogP contribution in [0.2, 0.25) is 0 Å². The van der Waals surface area contributed by atoms with E-state index < -0.39 is 5.97 Å². The normalized spacial score (nSPS) is 15.0. The van der Waals surface area contributed by atoms with Crippen molar-refractivity contribution < 1.29 is 23.8 Å². The Morgan fingerprint density at radius 2 is 1.80 bits per heavy atom. The lowest BCUT2D eigenvalue weighted by Crippen LogP contribution is -2.24. The van der Waals surface area contributed by atoms with Crippen LogP contribution in [0.15, 0.2) is 64.2 Å². The molecule has 7 heteroatoms. The maximum Gasteiger partial charge on any atom is 0.340 e. The Morgan fingerprint density at radius 1 is 1.07 bits per heavy atom. The molecule has 30 heavy (non-hydrogen) atoms. The van der Waals surface area contributed by atoms with Gasteiger partial charge in [-0.05, 0) is 43.5 Å². The topological polar surface area (TPSA) is 65.1 Å². The number of methoxy groups -OCH3 is 3. The molecule has 1 amide bonds. The van der Waals surface area contributed by atoms with E-state index in [1.54, 1.807) is 50.1 Å². The lowest BCUT2D eigenvalue weighted by Gasteiger charge is -2.18. The van der Waals surface area contributed by atoms with Gasteiger partial charge in [-0.3, -0.25) is 9.69 Å². The number of hydrogen-bond acceptors (Lipinski definition) is 6. The Kier molecular flexibility index (Phi) is 6.52. The molecule has 0 atom stereocenters. The van der Waals surface area contributed by atoms with Gasteiger partial charge in [-0.15, -0.1) is 11.8 Å². The van der Waals surface area contributed by atoms with Crippen LogP contribution in [0, 0.1) is 0 Å². The van der Waals surface area contributed by atoms with Crippen LogP contribution in [0.3, 0.4) is 0 Å². The molecule has 0 spiro atoms. The maximum atomic E-state index is 13.4. The lowest BCUT2D eigenvalue weighted by atomic mass is 10.0. The van der Waals surface area contributed by atoms with Crippen LogP contribution in [-0.2, 0) is 14.3 Å². The third-order valence-electron chi connectivity index (χ3n) is 4.83. The van der Waals surface area contributed by atoms with Gasteiger partial charge in [-0.25, -0.2) is 4.79 Å². The van der Waals surface area contributed by atoms with E-state index in [1.165, 1.54) is 19.1 Å². The molecule has 0 bridgehead atoms. The first-order valence-corrected chi connectivity index (χ1v) is 10.4. The molecular formula is C23H23NO5S. The molecule has 1 aliphatic rings. The van der Waals surface area contributed by atoms with Crippen molar-refractivity contribution in [2.45, 2.75) is 11.8 Å². The molecule has 6 nitrogen and oxygen atoms in total. The summed E-state index contributed by atoms with van der Waals surface area (Å²) >= 11 is 1.58. The molecule has 0 saturated heterocycles. The molecule has 0 fully saturated rings. The van der Waals surface area contributed by atoms with E-state index in [4.69, 9.17) is 14.2 Å². The zero-order chi connectivity index (χ0) is 21.8. The molecule has 0 saturated carbocycles. The van der Waals surface area contributed by atoms with E-state index in [-0.39, 0.29) is 17.1 Å². The Morgan fingerprint density at radius 3 is 2.43 bits per heavy atom. The van der Waals surface area contributed by atoms with Crippen LogP contribution in [0.25, 0.3) is 6.08 Å². The van der Waals surface area contributed by atoms with Crippen LogP contribution in [0.4, 0.5) is 5.69 Å². The monoisotopic (exact) mass is 425 g/mol. The minimum atomic E-state index is -0.572. The number of hydrogen-bond donors (Lipinski definition) is 0. The van der Waals surface area contributed by atoms with Crippen molar-refractivity contribution in [2.24, 2.45) is 0 Å². The number of carbonyl (C=O) groups excluding carboxylic acids is 2. The number of carbonyl (C=O) groups is 2. The van der Waals surface area contributed by atoms with Gasteiger partial charge in [0.1, 0.15) is 0 Å². The summed E-state index contributed by atoms with van der Waals surface area (Å²) in [6.07, 6.45) is 3.60. The Bertz CT molecular complexity index is 1060. The number of amides is 1. The van der Waals surface area contributed by atoms with Crippen LogP contribution in [0.5, 0.6) is 11.5 Å². The van der Waals surface area contributed by atoms with Crippen LogP contribution in [0.1, 0.15) is 12.5 Å². The average Bonchev–Trinajstić information content (AvgIpc) is 3.02. The van der Waals surface area contributed by atoms with Crippen molar-refractivity contribution in [3.63, 3.8) is 0 Å². The van der Waals surface area contributed by atoms with Crippen molar-refractivity contribution in [3.05, 3.63) is 64.9 Å². The van der Waals surface area contributed by atoms with Crippen molar-refractivity contribution >= 4 is 35.4 Å². The van der Waals surface area contributed by atoms with Gasteiger partial charge in [-0.1, -0.05) is 18.2 Å². The molecule has 3 rings (SSSR count). The smallest absolute Gasteiger partial charge is 0.340 e. The Hall–Kier alpha value is -3.19. The summed E-state index contributed by atoms with van der Waals surface area (Å²) in [6, 6.07) is 12.9. The predicted octanol–water partition coefficient (Wildman–Crippen LogP) is 4.30. The fraction of sp³-hybridized carbons (Fsp3) is 0.217. The van der Waals surface area contributed by atoms with E-state index in [0.717, 1.165) is 4.90 Å². The number of ether oxygens (including phenoxy) is 3. The molecule has 0 radical (unpaired) electrons. The molecule has 0 N–H and O–H groups in total. The van der Waals surface area contributed by atoms with Gasteiger partial charge in [0.15, 0.2) is 11.5 Å². The predicted molar refractivity (Wildman–Crippen MR) is 118 cm³/mol. The second-order valence-corrected chi connectivity index (χ2v) is 7.31. The number of esters is 1. The van der Waals surface area contributed by atoms with E-state index >= 15 is 0 Å². The highest BCUT2D eigenvalue weighted by molar-refractivity contribution is 7.98. The fourth-order valence-corrected chi connectivity index (χ4v) is 3.87. The van der Waals surface area contributed by atoms with Crippen molar-refractivity contribution in [1.29, 1.82) is 0 Å². The Balaban J connectivity index is 2.19. The van der Waals surface area contributed by atoms with E-state index in [2.05, 4.69) is 0 Å². The fourth-order valence-electron chi connectivity index (χ4n) is 3.42. The first-order chi connectivity index (χ1) is 14.5. The third-order valence-corrected chi connectivity index (χ3v) is 5.56. The molecule has 1 aliphatic heterocycles. The van der Waals surface area contributed by atoms with Gasteiger partial charge in [-0.2, -0.15) is 0 Å². The SMILES string of the molecule is COC(=O)C1=C(C)N(c2cccc(SC)c2)C(=O)/C1=C\c1cccc(OC)c1OC. The van der Waals surface area contributed by atoms with Gasteiger partial charge in [0.2, 0.25) is 0 Å². The highest BCUT2D eigenvalue weighted by Crippen LogP contribution is 2.39. The minimum Gasteiger partial charge on any atom is -0.493 e. The van der Waals surface area contributed by atoms with E-state index in [0.29, 0.717) is 28.4 Å². The van der Waals surface area contributed by atoms with Crippen LogP contribution in [-0.4, -0.2) is 39.5 Å². The maximum absolute atomic E-state index is 13.4. The minimum absolute atomic E-state index is 0.224. The van der Waals surface area contributed by atoms with E-state index in [9.17, 15) is 9.59 Å².